The first kappa shape index (κ1) is 17.0. The summed E-state index contributed by atoms with van der Waals surface area (Å²) in [6.07, 6.45) is 1.76. The Hall–Kier alpha value is -2.86. The minimum Gasteiger partial charge on any atom is -0.465 e. The Balaban J connectivity index is 2.04. The van der Waals surface area contributed by atoms with E-state index in [4.69, 9.17) is 4.74 Å². The Labute approximate surface area is 146 Å². The van der Waals surface area contributed by atoms with Crippen LogP contribution in [0.1, 0.15) is 20.7 Å². The van der Waals surface area contributed by atoms with Gasteiger partial charge in [-0.15, -0.1) is 0 Å². The fourth-order valence-electron chi connectivity index (χ4n) is 2.88. The van der Waals surface area contributed by atoms with Gasteiger partial charge in [0.05, 0.1) is 29.3 Å². The van der Waals surface area contributed by atoms with Crippen molar-refractivity contribution in [2.45, 2.75) is 0 Å². The van der Waals surface area contributed by atoms with E-state index in [0.717, 1.165) is 23.0 Å². The quantitative estimate of drug-likeness (QED) is 0.724. The number of ether oxygens (including phenoxy) is 1. The molecule has 0 fully saturated rings. The summed E-state index contributed by atoms with van der Waals surface area (Å²) in [7, 11) is 5.28. The van der Waals surface area contributed by atoms with Crippen LogP contribution in [-0.2, 0) is 4.74 Å². The molecule has 6 heteroatoms. The van der Waals surface area contributed by atoms with Gasteiger partial charge < -0.3 is 19.4 Å². The van der Waals surface area contributed by atoms with E-state index in [1.54, 1.807) is 18.3 Å². The third-order valence-electron chi connectivity index (χ3n) is 4.13. The summed E-state index contributed by atoms with van der Waals surface area (Å²) >= 11 is 0. The van der Waals surface area contributed by atoms with E-state index >= 15 is 0 Å². The van der Waals surface area contributed by atoms with Gasteiger partial charge in [-0.1, -0.05) is 18.2 Å². The number of carbonyl (C=O) groups is 2. The van der Waals surface area contributed by atoms with E-state index in [9.17, 15) is 9.59 Å². The summed E-state index contributed by atoms with van der Waals surface area (Å²) in [6.45, 7) is 1.34. The Morgan fingerprint density at radius 1 is 1.12 bits per heavy atom. The molecule has 0 saturated heterocycles. The zero-order valence-corrected chi connectivity index (χ0v) is 14.6. The van der Waals surface area contributed by atoms with Crippen molar-refractivity contribution in [3.63, 3.8) is 0 Å². The van der Waals surface area contributed by atoms with Crippen LogP contribution < -0.4 is 5.32 Å². The molecule has 1 amide bonds. The molecule has 0 spiro atoms. The molecule has 0 aliphatic rings. The highest BCUT2D eigenvalue weighted by molar-refractivity contribution is 6.12. The van der Waals surface area contributed by atoms with Crippen molar-refractivity contribution in [3.8, 4) is 0 Å². The second-order valence-corrected chi connectivity index (χ2v) is 6.12. The van der Waals surface area contributed by atoms with Crippen LogP contribution in [0, 0.1) is 0 Å². The van der Waals surface area contributed by atoms with E-state index in [-0.39, 0.29) is 11.9 Å². The smallest absolute Gasteiger partial charge is 0.340 e. The summed E-state index contributed by atoms with van der Waals surface area (Å²) in [5.74, 6) is -0.525. The molecular formula is C19H21N3O3. The second kappa shape index (κ2) is 6.94. The molecule has 0 aliphatic heterocycles. The molecule has 0 atom stereocenters. The average Bonchev–Trinajstić information content (AvgIpc) is 2.94. The molecule has 25 heavy (non-hydrogen) atoms. The van der Waals surface area contributed by atoms with Crippen molar-refractivity contribution in [2.75, 3.05) is 34.3 Å². The van der Waals surface area contributed by atoms with Crippen LogP contribution in [0.5, 0.6) is 0 Å². The summed E-state index contributed by atoms with van der Waals surface area (Å²) in [5, 5.41) is 3.70. The lowest BCUT2D eigenvalue weighted by Gasteiger charge is -2.10. The highest BCUT2D eigenvalue weighted by atomic mass is 16.5. The highest BCUT2D eigenvalue weighted by Crippen LogP contribution is 2.27. The Morgan fingerprint density at radius 2 is 1.88 bits per heavy atom. The number of pyridine rings is 1. The SMILES string of the molecule is COC(=O)c1c2ccccc2n2cc(C(=O)NCCN(C)C)ccc12. The number of hydrogen-bond acceptors (Lipinski definition) is 4. The van der Waals surface area contributed by atoms with Crippen molar-refractivity contribution < 1.29 is 14.3 Å². The fraction of sp³-hybridized carbons (Fsp3) is 0.263. The molecule has 1 aromatic carbocycles. The highest BCUT2D eigenvalue weighted by Gasteiger charge is 2.19. The number of benzene rings is 1. The van der Waals surface area contributed by atoms with Gasteiger partial charge in [-0.3, -0.25) is 4.79 Å². The van der Waals surface area contributed by atoms with Crippen LogP contribution in [-0.4, -0.2) is 55.5 Å². The Bertz CT molecular complexity index is 944. The molecule has 0 aliphatic carbocycles. The lowest BCUT2D eigenvalue weighted by molar-refractivity contribution is 0.0605. The molecule has 6 nitrogen and oxygen atoms in total. The van der Waals surface area contributed by atoms with Crippen LogP contribution in [0.2, 0.25) is 0 Å². The zero-order chi connectivity index (χ0) is 18.0. The number of esters is 1. The number of nitrogens with zero attached hydrogens (tertiary/aromatic N) is 2. The number of fused-ring (bicyclic) bond motifs is 3. The third kappa shape index (κ3) is 3.21. The number of nitrogens with one attached hydrogen (secondary N) is 1. The van der Waals surface area contributed by atoms with Crippen molar-refractivity contribution in [2.24, 2.45) is 0 Å². The number of aromatic nitrogens is 1. The van der Waals surface area contributed by atoms with Gasteiger partial charge in [-0.2, -0.15) is 0 Å². The average molecular weight is 339 g/mol. The van der Waals surface area contributed by atoms with Gasteiger partial charge in [0.15, 0.2) is 0 Å². The van der Waals surface area contributed by atoms with Crippen LogP contribution in [0.4, 0.5) is 0 Å². The molecule has 3 aromatic rings. The first-order chi connectivity index (χ1) is 12.0. The molecular weight excluding hydrogens is 318 g/mol. The predicted octanol–water partition coefficient (Wildman–Crippen LogP) is 2.17. The largest absolute Gasteiger partial charge is 0.465 e. The minimum atomic E-state index is -0.387. The number of para-hydroxylation sites is 1. The Morgan fingerprint density at radius 3 is 2.60 bits per heavy atom. The van der Waals surface area contributed by atoms with E-state index in [1.165, 1.54) is 7.11 Å². The monoisotopic (exact) mass is 339 g/mol. The molecule has 0 radical (unpaired) electrons. The minimum absolute atomic E-state index is 0.138. The van der Waals surface area contributed by atoms with Gasteiger partial charge in [0.25, 0.3) is 5.91 Å². The maximum absolute atomic E-state index is 12.4. The predicted molar refractivity (Wildman–Crippen MR) is 97.1 cm³/mol. The fourth-order valence-corrected chi connectivity index (χ4v) is 2.88. The molecule has 2 aromatic heterocycles. The molecule has 0 unspecified atom stereocenters. The van der Waals surface area contributed by atoms with Crippen molar-refractivity contribution in [1.82, 2.24) is 14.6 Å². The maximum atomic E-state index is 12.4. The number of methoxy groups -OCH3 is 1. The molecule has 0 bridgehead atoms. The van der Waals surface area contributed by atoms with E-state index in [0.29, 0.717) is 17.7 Å². The van der Waals surface area contributed by atoms with Crippen LogP contribution in [0.3, 0.4) is 0 Å². The number of carbonyl (C=O) groups excluding carboxylic acids is 2. The number of hydrogen-bond donors (Lipinski definition) is 1. The molecule has 130 valence electrons. The lowest BCUT2D eigenvalue weighted by atomic mass is 10.1. The molecule has 2 heterocycles. The van der Waals surface area contributed by atoms with Gasteiger partial charge in [0, 0.05) is 24.7 Å². The maximum Gasteiger partial charge on any atom is 0.340 e. The third-order valence-corrected chi connectivity index (χ3v) is 4.13. The van der Waals surface area contributed by atoms with Crippen molar-refractivity contribution in [3.05, 3.63) is 53.7 Å². The van der Waals surface area contributed by atoms with Gasteiger partial charge >= 0.3 is 5.97 Å². The summed E-state index contributed by atoms with van der Waals surface area (Å²) in [4.78, 5) is 26.6. The Kier molecular flexibility index (Phi) is 4.72. The summed E-state index contributed by atoms with van der Waals surface area (Å²) in [5.41, 5.74) is 2.64. The van der Waals surface area contributed by atoms with Gasteiger partial charge in [0.2, 0.25) is 0 Å². The van der Waals surface area contributed by atoms with E-state index in [1.807, 2.05) is 47.7 Å². The molecule has 3 rings (SSSR count). The second-order valence-electron chi connectivity index (χ2n) is 6.12. The molecule has 1 N–H and O–H groups in total. The van der Waals surface area contributed by atoms with Crippen LogP contribution in [0.15, 0.2) is 42.6 Å². The number of rotatable bonds is 5. The lowest BCUT2D eigenvalue weighted by Crippen LogP contribution is -2.31. The van der Waals surface area contributed by atoms with Gasteiger partial charge in [-0.05, 0) is 32.3 Å². The first-order valence-electron chi connectivity index (χ1n) is 8.07. The zero-order valence-electron chi connectivity index (χ0n) is 14.6. The van der Waals surface area contributed by atoms with Crippen LogP contribution >= 0.6 is 0 Å². The van der Waals surface area contributed by atoms with E-state index in [2.05, 4.69) is 5.32 Å². The summed E-state index contributed by atoms with van der Waals surface area (Å²) in [6, 6.07) is 11.1. The van der Waals surface area contributed by atoms with E-state index < -0.39 is 0 Å². The topological polar surface area (TPSA) is 63.1 Å². The van der Waals surface area contributed by atoms with Crippen LogP contribution in [0.25, 0.3) is 16.4 Å². The van der Waals surface area contributed by atoms with Gasteiger partial charge in [0.1, 0.15) is 0 Å². The van der Waals surface area contributed by atoms with Crippen molar-refractivity contribution >= 4 is 28.3 Å². The molecule has 0 saturated carbocycles. The van der Waals surface area contributed by atoms with Crippen molar-refractivity contribution in [1.29, 1.82) is 0 Å². The standard InChI is InChI=1S/C19H21N3O3/c1-21(2)11-10-20-18(23)13-8-9-16-17(19(24)25-3)14-6-4-5-7-15(14)22(16)12-13/h4-9,12H,10-11H2,1-3H3,(H,20,23). The summed E-state index contributed by atoms with van der Waals surface area (Å²) < 4.78 is 6.79. The normalized spacial score (nSPS) is 11.2. The van der Waals surface area contributed by atoms with Gasteiger partial charge in [-0.25, -0.2) is 4.79 Å². The number of amides is 1. The first-order valence-corrected chi connectivity index (χ1v) is 8.07. The number of likely N-dealkylation sites (N-methyl/N-ethyl adjacent to an activating group) is 1.